The van der Waals surface area contributed by atoms with Crippen molar-refractivity contribution < 1.29 is 9.53 Å². The molecule has 1 aliphatic carbocycles. The fourth-order valence-electron chi connectivity index (χ4n) is 2.38. The summed E-state index contributed by atoms with van der Waals surface area (Å²) in [5, 5.41) is 2.95. The van der Waals surface area contributed by atoms with Gasteiger partial charge in [-0.05, 0) is 37.8 Å². The van der Waals surface area contributed by atoms with Gasteiger partial charge in [0.1, 0.15) is 5.75 Å². The second-order valence-corrected chi connectivity index (χ2v) is 5.90. The zero-order valence-corrected chi connectivity index (χ0v) is 12.6. The quantitative estimate of drug-likeness (QED) is 0.897. The number of nitrogens with one attached hydrogen (secondary N) is 1. The number of halogens is 1. The lowest BCUT2D eigenvalue weighted by Gasteiger charge is -2.25. The van der Waals surface area contributed by atoms with E-state index < -0.39 is 0 Å². The van der Waals surface area contributed by atoms with Gasteiger partial charge in [-0.3, -0.25) is 4.79 Å². The third-order valence-corrected chi connectivity index (χ3v) is 3.98. The molecule has 5 heteroatoms. The number of carbonyl (C=O) groups excluding carboxylic acids is 1. The molecule has 0 bridgehead atoms. The molecule has 19 heavy (non-hydrogen) atoms. The van der Waals surface area contributed by atoms with Crippen LogP contribution in [0.3, 0.4) is 0 Å². The van der Waals surface area contributed by atoms with Gasteiger partial charge in [-0.15, -0.1) is 0 Å². The third kappa shape index (κ3) is 3.94. The van der Waals surface area contributed by atoms with E-state index in [1.165, 1.54) is 0 Å². The molecule has 0 radical (unpaired) electrons. The van der Waals surface area contributed by atoms with E-state index in [1.54, 1.807) is 7.11 Å². The Bertz CT molecular complexity index is 457. The van der Waals surface area contributed by atoms with Gasteiger partial charge in [-0.2, -0.15) is 0 Å². The summed E-state index contributed by atoms with van der Waals surface area (Å²) in [5.74, 6) is 0.868. The molecule has 2 rings (SSSR count). The number of amides is 1. The van der Waals surface area contributed by atoms with Crippen LogP contribution in [0, 0.1) is 5.92 Å². The Kier molecular flexibility index (Phi) is 4.82. The number of hydrogen-bond acceptors (Lipinski definition) is 3. The molecule has 0 atom stereocenters. The average Bonchev–Trinajstić information content (AvgIpc) is 2.38. The maximum atomic E-state index is 12.2. The molecule has 0 heterocycles. The van der Waals surface area contributed by atoms with Crippen LogP contribution in [0.1, 0.15) is 25.7 Å². The molecule has 3 N–H and O–H groups in total. The van der Waals surface area contributed by atoms with Crippen molar-refractivity contribution in [3.05, 3.63) is 22.7 Å². The van der Waals surface area contributed by atoms with Crippen molar-refractivity contribution in [2.75, 3.05) is 12.4 Å². The maximum Gasteiger partial charge on any atom is 0.227 e. The molecule has 0 saturated heterocycles. The number of rotatable bonds is 3. The van der Waals surface area contributed by atoms with Crippen LogP contribution in [0.4, 0.5) is 5.69 Å². The van der Waals surface area contributed by atoms with Crippen LogP contribution in [0.2, 0.25) is 0 Å². The number of hydrogen-bond donors (Lipinski definition) is 2. The molecule has 0 spiro atoms. The van der Waals surface area contributed by atoms with E-state index in [0.29, 0.717) is 0 Å². The number of nitrogens with two attached hydrogens (primary N) is 1. The van der Waals surface area contributed by atoms with E-state index in [0.717, 1.165) is 41.6 Å². The summed E-state index contributed by atoms with van der Waals surface area (Å²) in [6.07, 6.45) is 3.61. The average molecular weight is 327 g/mol. The number of ether oxygens (including phenoxy) is 1. The van der Waals surface area contributed by atoms with Gasteiger partial charge in [0.15, 0.2) is 0 Å². The molecule has 1 aliphatic rings. The Morgan fingerprint density at radius 3 is 2.63 bits per heavy atom. The first-order valence-corrected chi connectivity index (χ1v) is 7.29. The smallest absolute Gasteiger partial charge is 0.227 e. The molecule has 0 unspecified atom stereocenters. The van der Waals surface area contributed by atoms with Crippen molar-refractivity contribution in [2.24, 2.45) is 11.7 Å². The zero-order valence-electron chi connectivity index (χ0n) is 11.0. The van der Waals surface area contributed by atoms with Crippen LogP contribution in [0.25, 0.3) is 0 Å². The summed E-state index contributed by atoms with van der Waals surface area (Å²) < 4.78 is 6.06. The summed E-state index contributed by atoms with van der Waals surface area (Å²) in [6.45, 7) is 0. The topological polar surface area (TPSA) is 64.3 Å². The van der Waals surface area contributed by atoms with Crippen LogP contribution in [0.15, 0.2) is 22.7 Å². The van der Waals surface area contributed by atoms with Crippen molar-refractivity contribution in [1.29, 1.82) is 0 Å². The van der Waals surface area contributed by atoms with Crippen molar-refractivity contribution in [2.45, 2.75) is 31.7 Å². The van der Waals surface area contributed by atoms with Gasteiger partial charge in [0.2, 0.25) is 5.91 Å². The van der Waals surface area contributed by atoms with E-state index in [-0.39, 0.29) is 17.9 Å². The molecule has 1 aromatic carbocycles. The largest absolute Gasteiger partial charge is 0.497 e. The van der Waals surface area contributed by atoms with Crippen LogP contribution in [-0.2, 0) is 4.79 Å². The third-order valence-electron chi connectivity index (χ3n) is 3.52. The molecule has 0 aliphatic heterocycles. The number of anilines is 1. The van der Waals surface area contributed by atoms with Crippen LogP contribution >= 0.6 is 15.9 Å². The molecule has 4 nitrogen and oxygen atoms in total. The molecule has 1 amide bonds. The molecular formula is C14H19BrN2O2. The summed E-state index contributed by atoms with van der Waals surface area (Å²) >= 11 is 3.40. The predicted molar refractivity (Wildman–Crippen MR) is 79.3 cm³/mol. The second-order valence-electron chi connectivity index (χ2n) is 4.98. The highest BCUT2D eigenvalue weighted by molar-refractivity contribution is 9.10. The summed E-state index contributed by atoms with van der Waals surface area (Å²) in [5.41, 5.74) is 6.61. The van der Waals surface area contributed by atoms with Gasteiger partial charge in [-0.1, -0.05) is 15.9 Å². The Morgan fingerprint density at radius 1 is 1.32 bits per heavy atom. The number of methoxy groups -OCH3 is 1. The SMILES string of the molecule is COc1cc(Br)cc(NC(=O)C2CCC(N)CC2)c1. The Hall–Kier alpha value is -1.07. The minimum absolute atomic E-state index is 0.0739. The fraction of sp³-hybridized carbons (Fsp3) is 0.500. The minimum atomic E-state index is 0.0739. The molecule has 104 valence electrons. The van der Waals surface area contributed by atoms with Crippen molar-refractivity contribution in [1.82, 2.24) is 0 Å². The highest BCUT2D eigenvalue weighted by Gasteiger charge is 2.24. The van der Waals surface area contributed by atoms with E-state index in [4.69, 9.17) is 10.5 Å². The fourth-order valence-corrected chi connectivity index (χ4v) is 2.85. The Morgan fingerprint density at radius 2 is 2.00 bits per heavy atom. The number of benzene rings is 1. The first kappa shape index (κ1) is 14.3. The van der Waals surface area contributed by atoms with Gasteiger partial charge in [0.25, 0.3) is 0 Å². The second kappa shape index (κ2) is 6.39. The summed E-state index contributed by atoms with van der Waals surface area (Å²) in [7, 11) is 1.61. The maximum absolute atomic E-state index is 12.2. The van der Waals surface area contributed by atoms with Gasteiger partial charge in [0, 0.05) is 28.2 Å². The van der Waals surface area contributed by atoms with Crippen molar-refractivity contribution in [3.8, 4) is 5.75 Å². The first-order chi connectivity index (χ1) is 9.08. The summed E-state index contributed by atoms with van der Waals surface area (Å²) in [6, 6.07) is 5.80. The zero-order chi connectivity index (χ0) is 13.8. The molecular weight excluding hydrogens is 308 g/mol. The molecule has 1 saturated carbocycles. The van der Waals surface area contributed by atoms with Crippen LogP contribution in [0.5, 0.6) is 5.75 Å². The lowest BCUT2D eigenvalue weighted by Crippen LogP contribution is -2.32. The van der Waals surface area contributed by atoms with E-state index in [2.05, 4.69) is 21.2 Å². The van der Waals surface area contributed by atoms with Gasteiger partial charge >= 0.3 is 0 Å². The minimum Gasteiger partial charge on any atom is -0.497 e. The highest BCUT2D eigenvalue weighted by atomic mass is 79.9. The highest BCUT2D eigenvalue weighted by Crippen LogP contribution is 2.27. The van der Waals surface area contributed by atoms with Crippen LogP contribution < -0.4 is 15.8 Å². The van der Waals surface area contributed by atoms with Crippen molar-refractivity contribution in [3.63, 3.8) is 0 Å². The van der Waals surface area contributed by atoms with E-state index in [1.807, 2.05) is 18.2 Å². The lowest BCUT2D eigenvalue weighted by atomic mass is 9.86. The first-order valence-electron chi connectivity index (χ1n) is 6.49. The monoisotopic (exact) mass is 326 g/mol. The normalized spacial score (nSPS) is 22.9. The van der Waals surface area contributed by atoms with Crippen molar-refractivity contribution >= 4 is 27.5 Å². The lowest BCUT2D eigenvalue weighted by molar-refractivity contribution is -0.120. The van der Waals surface area contributed by atoms with Gasteiger partial charge in [0.05, 0.1) is 7.11 Å². The standard InChI is InChI=1S/C14H19BrN2O2/c1-19-13-7-10(15)6-12(8-13)17-14(18)9-2-4-11(16)5-3-9/h6-9,11H,2-5,16H2,1H3,(H,17,18). The van der Waals surface area contributed by atoms with Crippen LogP contribution in [-0.4, -0.2) is 19.1 Å². The molecule has 1 fully saturated rings. The Labute approximate surface area is 121 Å². The molecule has 0 aromatic heterocycles. The molecule has 1 aromatic rings. The van der Waals surface area contributed by atoms with Gasteiger partial charge in [-0.25, -0.2) is 0 Å². The summed E-state index contributed by atoms with van der Waals surface area (Å²) in [4.78, 5) is 12.2. The van der Waals surface area contributed by atoms with Gasteiger partial charge < -0.3 is 15.8 Å². The van der Waals surface area contributed by atoms with E-state index in [9.17, 15) is 4.79 Å². The Balaban J connectivity index is 2.00. The number of carbonyl (C=O) groups is 1. The predicted octanol–water partition coefficient (Wildman–Crippen LogP) is 2.91. The van der Waals surface area contributed by atoms with E-state index >= 15 is 0 Å².